The first-order chi connectivity index (χ1) is 6.52. The zero-order valence-corrected chi connectivity index (χ0v) is 9.18. The van der Waals surface area contributed by atoms with Crippen LogP contribution in [-0.4, -0.2) is 6.04 Å². The number of hydrogen-bond donors (Lipinski definition) is 1. The van der Waals surface area contributed by atoms with Crippen LogP contribution in [0.25, 0.3) is 6.08 Å². The van der Waals surface area contributed by atoms with Gasteiger partial charge in [-0.25, -0.2) is 8.78 Å². The smallest absolute Gasteiger partial charge is 0.147 e. The van der Waals surface area contributed by atoms with Crippen molar-refractivity contribution in [1.82, 2.24) is 0 Å². The van der Waals surface area contributed by atoms with E-state index in [-0.39, 0.29) is 10.5 Å². The third-order valence-electron chi connectivity index (χ3n) is 1.64. The first kappa shape index (κ1) is 11.3. The molecule has 0 fully saturated rings. The molecule has 0 saturated heterocycles. The Kier molecular flexibility index (Phi) is 3.77. The van der Waals surface area contributed by atoms with Crippen molar-refractivity contribution in [3.8, 4) is 0 Å². The average molecular weight is 262 g/mol. The van der Waals surface area contributed by atoms with Crippen molar-refractivity contribution < 1.29 is 8.78 Å². The van der Waals surface area contributed by atoms with Gasteiger partial charge in [0.2, 0.25) is 0 Å². The molecule has 0 saturated carbocycles. The van der Waals surface area contributed by atoms with Crippen molar-refractivity contribution in [2.45, 2.75) is 13.0 Å². The molecule has 0 aromatic heterocycles. The molecule has 1 aromatic rings. The Morgan fingerprint density at radius 1 is 1.43 bits per heavy atom. The predicted octanol–water partition coefficient (Wildman–Crippen LogP) is 3.09. The van der Waals surface area contributed by atoms with Crippen molar-refractivity contribution in [2.75, 3.05) is 0 Å². The van der Waals surface area contributed by atoms with Gasteiger partial charge in [0.1, 0.15) is 11.6 Å². The molecule has 0 spiro atoms. The Balaban J connectivity index is 3.06. The Morgan fingerprint density at radius 3 is 2.64 bits per heavy atom. The van der Waals surface area contributed by atoms with Crippen LogP contribution in [0, 0.1) is 11.6 Å². The number of rotatable bonds is 2. The molecule has 0 bridgehead atoms. The topological polar surface area (TPSA) is 26.0 Å². The van der Waals surface area contributed by atoms with Crippen molar-refractivity contribution in [3.05, 3.63) is 39.9 Å². The summed E-state index contributed by atoms with van der Waals surface area (Å²) in [7, 11) is 0. The maximum Gasteiger partial charge on any atom is 0.147 e. The van der Waals surface area contributed by atoms with Crippen molar-refractivity contribution in [1.29, 1.82) is 0 Å². The van der Waals surface area contributed by atoms with Gasteiger partial charge >= 0.3 is 0 Å². The van der Waals surface area contributed by atoms with Gasteiger partial charge in [0.05, 0.1) is 4.47 Å². The Labute approximate surface area is 89.7 Å². The summed E-state index contributed by atoms with van der Waals surface area (Å²) in [5, 5.41) is 0. The van der Waals surface area contributed by atoms with E-state index in [1.165, 1.54) is 18.2 Å². The number of halogens is 3. The first-order valence-corrected chi connectivity index (χ1v) is 4.89. The van der Waals surface area contributed by atoms with Gasteiger partial charge in [-0.15, -0.1) is 0 Å². The molecule has 4 heteroatoms. The van der Waals surface area contributed by atoms with Crippen LogP contribution in [0.5, 0.6) is 0 Å². The normalized spacial score (nSPS) is 13.5. The first-order valence-electron chi connectivity index (χ1n) is 4.09. The molecule has 14 heavy (non-hydrogen) atoms. The quantitative estimate of drug-likeness (QED) is 0.814. The van der Waals surface area contributed by atoms with Crippen LogP contribution in [0.15, 0.2) is 22.7 Å². The molecule has 0 heterocycles. The summed E-state index contributed by atoms with van der Waals surface area (Å²) in [5.74, 6) is -1.22. The van der Waals surface area contributed by atoms with Crippen LogP contribution in [0.1, 0.15) is 12.5 Å². The molecule has 1 unspecified atom stereocenters. The van der Waals surface area contributed by atoms with E-state index >= 15 is 0 Å². The van der Waals surface area contributed by atoms with E-state index in [1.54, 1.807) is 13.0 Å². The molecule has 1 atom stereocenters. The molecule has 0 aliphatic carbocycles. The SMILES string of the molecule is CC(N)/C=C/c1ccc(F)c(Br)c1F. The zero-order valence-electron chi connectivity index (χ0n) is 7.60. The molecular formula is C10H10BrF2N. The molecule has 0 radical (unpaired) electrons. The molecule has 1 aromatic carbocycles. The Bertz CT molecular complexity index is 361. The molecule has 1 nitrogen and oxygen atoms in total. The highest BCUT2D eigenvalue weighted by molar-refractivity contribution is 9.10. The molecular weight excluding hydrogens is 252 g/mol. The van der Waals surface area contributed by atoms with E-state index < -0.39 is 11.6 Å². The van der Waals surface area contributed by atoms with Gasteiger partial charge in [-0.3, -0.25) is 0 Å². The summed E-state index contributed by atoms with van der Waals surface area (Å²) in [6, 6.07) is 2.42. The number of benzene rings is 1. The molecule has 1 rings (SSSR count). The monoisotopic (exact) mass is 261 g/mol. The fourth-order valence-electron chi connectivity index (χ4n) is 0.925. The van der Waals surface area contributed by atoms with E-state index in [0.717, 1.165) is 0 Å². The van der Waals surface area contributed by atoms with Gasteiger partial charge in [-0.2, -0.15) is 0 Å². The minimum Gasteiger partial charge on any atom is -0.325 e. The molecule has 2 N–H and O–H groups in total. The van der Waals surface area contributed by atoms with Crippen LogP contribution in [0.2, 0.25) is 0 Å². The largest absolute Gasteiger partial charge is 0.325 e. The predicted molar refractivity (Wildman–Crippen MR) is 56.7 cm³/mol. The second-order valence-corrected chi connectivity index (χ2v) is 3.78. The zero-order chi connectivity index (χ0) is 10.7. The van der Waals surface area contributed by atoms with Gasteiger partial charge < -0.3 is 5.73 Å². The minimum absolute atomic E-state index is 0.149. The van der Waals surface area contributed by atoms with Crippen LogP contribution >= 0.6 is 15.9 Å². The highest BCUT2D eigenvalue weighted by atomic mass is 79.9. The maximum atomic E-state index is 13.3. The van der Waals surface area contributed by atoms with Gasteiger partial charge in [-0.05, 0) is 35.0 Å². The number of hydrogen-bond acceptors (Lipinski definition) is 1. The summed E-state index contributed by atoms with van der Waals surface area (Å²) in [6.45, 7) is 1.77. The second kappa shape index (κ2) is 4.66. The average Bonchev–Trinajstić information content (AvgIpc) is 2.13. The van der Waals surface area contributed by atoms with E-state index in [0.29, 0.717) is 5.56 Å². The minimum atomic E-state index is -0.611. The van der Waals surface area contributed by atoms with Crippen LogP contribution < -0.4 is 5.73 Å². The fraction of sp³-hybridized carbons (Fsp3) is 0.200. The summed E-state index contributed by atoms with van der Waals surface area (Å²) >= 11 is 2.82. The van der Waals surface area contributed by atoms with Gasteiger partial charge in [0.25, 0.3) is 0 Å². The lowest BCUT2D eigenvalue weighted by Crippen LogP contribution is -2.10. The highest BCUT2D eigenvalue weighted by Gasteiger charge is 2.08. The van der Waals surface area contributed by atoms with Crippen LogP contribution in [0.3, 0.4) is 0 Å². The lowest BCUT2D eigenvalue weighted by Gasteiger charge is -2.01. The van der Waals surface area contributed by atoms with Crippen molar-refractivity contribution in [2.24, 2.45) is 5.73 Å². The summed E-state index contributed by atoms with van der Waals surface area (Å²) in [4.78, 5) is 0. The van der Waals surface area contributed by atoms with Gasteiger partial charge in [0.15, 0.2) is 0 Å². The molecule has 0 aliphatic rings. The van der Waals surface area contributed by atoms with Crippen LogP contribution in [-0.2, 0) is 0 Å². The van der Waals surface area contributed by atoms with Gasteiger partial charge in [0, 0.05) is 11.6 Å². The highest BCUT2D eigenvalue weighted by Crippen LogP contribution is 2.23. The van der Waals surface area contributed by atoms with E-state index in [1.807, 2.05) is 0 Å². The second-order valence-electron chi connectivity index (χ2n) is 2.98. The summed E-state index contributed by atoms with van der Waals surface area (Å²) < 4.78 is 26.0. The van der Waals surface area contributed by atoms with Crippen LogP contribution in [0.4, 0.5) is 8.78 Å². The number of nitrogens with two attached hydrogens (primary N) is 1. The van der Waals surface area contributed by atoms with Crippen molar-refractivity contribution >= 4 is 22.0 Å². The van der Waals surface area contributed by atoms with Crippen molar-refractivity contribution in [3.63, 3.8) is 0 Å². The Hall–Kier alpha value is -0.740. The van der Waals surface area contributed by atoms with Gasteiger partial charge in [-0.1, -0.05) is 12.2 Å². The third-order valence-corrected chi connectivity index (χ3v) is 2.37. The lowest BCUT2D eigenvalue weighted by molar-refractivity contribution is 0.570. The third kappa shape index (κ3) is 2.62. The summed E-state index contributed by atoms with van der Waals surface area (Å²) in [6.07, 6.45) is 3.17. The molecule has 76 valence electrons. The maximum absolute atomic E-state index is 13.3. The molecule has 0 aliphatic heterocycles. The Morgan fingerprint density at radius 2 is 2.07 bits per heavy atom. The lowest BCUT2D eigenvalue weighted by atomic mass is 10.1. The summed E-state index contributed by atoms with van der Waals surface area (Å²) in [5.41, 5.74) is 5.78. The molecule has 0 amide bonds. The van der Waals surface area contributed by atoms with E-state index in [2.05, 4.69) is 15.9 Å². The van der Waals surface area contributed by atoms with E-state index in [9.17, 15) is 8.78 Å². The standard InChI is InChI=1S/C10H10BrF2N/c1-6(14)2-3-7-4-5-8(12)9(11)10(7)13/h2-6H,14H2,1H3/b3-2+. The van der Waals surface area contributed by atoms with E-state index in [4.69, 9.17) is 5.73 Å². The fourth-order valence-corrected chi connectivity index (χ4v) is 1.29.